The van der Waals surface area contributed by atoms with E-state index in [4.69, 9.17) is 4.74 Å². The Kier molecular flexibility index (Phi) is 3.39. The van der Waals surface area contributed by atoms with Crippen molar-refractivity contribution in [2.24, 2.45) is 0 Å². The van der Waals surface area contributed by atoms with E-state index in [0.29, 0.717) is 31.7 Å². The van der Waals surface area contributed by atoms with Crippen LogP contribution >= 0.6 is 0 Å². The van der Waals surface area contributed by atoms with E-state index >= 15 is 0 Å². The molecule has 2 aromatic rings. The third kappa shape index (κ3) is 2.51. The molecule has 4 nitrogen and oxygen atoms in total. The summed E-state index contributed by atoms with van der Waals surface area (Å²) in [5.41, 5.74) is -0.150. The molecule has 1 fully saturated rings. The molecule has 3 rings (SSSR count). The van der Waals surface area contributed by atoms with Crippen molar-refractivity contribution in [1.29, 1.82) is 0 Å². The molecular formula is C13H14F3N3O. The number of halogens is 3. The lowest BCUT2D eigenvalue weighted by Crippen LogP contribution is -2.36. The van der Waals surface area contributed by atoms with Gasteiger partial charge in [-0.1, -0.05) is 0 Å². The third-order valence-electron chi connectivity index (χ3n) is 3.45. The number of ether oxygens (including phenoxy) is 1. The van der Waals surface area contributed by atoms with Gasteiger partial charge in [0.05, 0.1) is 13.2 Å². The van der Waals surface area contributed by atoms with Crippen molar-refractivity contribution in [3.63, 3.8) is 0 Å². The minimum atomic E-state index is -4.40. The number of nitrogens with zero attached hydrogens (tertiary/aromatic N) is 2. The SMILES string of the molecule is FC(F)(F)c1[nH]c2ncccc2c1CN1CCOCC1. The number of morpholine rings is 1. The fourth-order valence-electron chi connectivity index (χ4n) is 2.47. The van der Waals surface area contributed by atoms with E-state index in [0.717, 1.165) is 0 Å². The van der Waals surface area contributed by atoms with Crippen LogP contribution in [0.25, 0.3) is 11.0 Å². The molecule has 2 aromatic heterocycles. The van der Waals surface area contributed by atoms with Gasteiger partial charge in [-0.3, -0.25) is 4.90 Å². The van der Waals surface area contributed by atoms with Crippen molar-refractivity contribution in [3.05, 3.63) is 29.6 Å². The number of alkyl halides is 3. The van der Waals surface area contributed by atoms with Crippen molar-refractivity contribution in [1.82, 2.24) is 14.9 Å². The Morgan fingerprint density at radius 3 is 2.75 bits per heavy atom. The molecule has 0 amide bonds. The first-order valence-electron chi connectivity index (χ1n) is 6.38. The highest BCUT2D eigenvalue weighted by Gasteiger charge is 2.37. The van der Waals surface area contributed by atoms with Crippen LogP contribution in [-0.4, -0.2) is 41.2 Å². The predicted octanol–water partition coefficient (Wildman–Crippen LogP) is 2.41. The molecule has 20 heavy (non-hydrogen) atoms. The number of hydrogen-bond donors (Lipinski definition) is 1. The quantitative estimate of drug-likeness (QED) is 0.921. The van der Waals surface area contributed by atoms with E-state index in [1.165, 1.54) is 6.20 Å². The van der Waals surface area contributed by atoms with Gasteiger partial charge in [-0.05, 0) is 12.1 Å². The molecule has 7 heteroatoms. The summed E-state index contributed by atoms with van der Waals surface area (Å²) in [7, 11) is 0. The molecule has 1 saturated heterocycles. The summed E-state index contributed by atoms with van der Waals surface area (Å²) in [5, 5.41) is 0.534. The monoisotopic (exact) mass is 285 g/mol. The standard InChI is InChI=1S/C13H14F3N3O/c14-13(15,16)11-10(8-19-4-6-20-7-5-19)9-2-1-3-17-12(9)18-11/h1-3H,4-8H2,(H,17,18). The van der Waals surface area contributed by atoms with Crippen LogP contribution in [0.2, 0.25) is 0 Å². The first kappa shape index (κ1) is 13.4. The number of nitrogens with one attached hydrogen (secondary N) is 1. The van der Waals surface area contributed by atoms with E-state index in [1.54, 1.807) is 12.1 Å². The summed E-state index contributed by atoms with van der Waals surface area (Å²) in [6.45, 7) is 2.66. The maximum atomic E-state index is 13.1. The number of pyridine rings is 1. The second-order valence-corrected chi connectivity index (χ2v) is 4.76. The van der Waals surface area contributed by atoms with Gasteiger partial charge in [-0.2, -0.15) is 13.2 Å². The van der Waals surface area contributed by atoms with Crippen LogP contribution in [0, 0.1) is 0 Å². The van der Waals surface area contributed by atoms with Gasteiger partial charge in [-0.15, -0.1) is 0 Å². The van der Waals surface area contributed by atoms with Gasteiger partial charge in [0.2, 0.25) is 0 Å². The van der Waals surface area contributed by atoms with Gasteiger partial charge >= 0.3 is 6.18 Å². The number of aromatic nitrogens is 2. The molecule has 1 N–H and O–H groups in total. The molecule has 0 aliphatic carbocycles. The van der Waals surface area contributed by atoms with Crippen molar-refractivity contribution < 1.29 is 17.9 Å². The van der Waals surface area contributed by atoms with Crippen LogP contribution in [0.3, 0.4) is 0 Å². The number of aromatic amines is 1. The Morgan fingerprint density at radius 2 is 2.05 bits per heavy atom. The van der Waals surface area contributed by atoms with E-state index in [1.807, 2.05) is 4.90 Å². The van der Waals surface area contributed by atoms with Crippen molar-refractivity contribution in [2.45, 2.75) is 12.7 Å². The molecule has 0 spiro atoms. The average Bonchev–Trinajstić information content (AvgIpc) is 2.79. The molecule has 1 aliphatic heterocycles. The number of rotatable bonds is 2. The highest BCUT2D eigenvalue weighted by Crippen LogP contribution is 2.35. The summed E-state index contributed by atoms with van der Waals surface area (Å²) >= 11 is 0. The second-order valence-electron chi connectivity index (χ2n) is 4.76. The van der Waals surface area contributed by atoms with E-state index in [9.17, 15) is 13.2 Å². The van der Waals surface area contributed by atoms with E-state index in [2.05, 4.69) is 9.97 Å². The predicted molar refractivity (Wildman–Crippen MR) is 67.2 cm³/mol. The molecule has 0 radical (unpaired) electrons. The Hall–Kier alpha value is -1.60. The van der Waals surface area contributed by atoms with Crippen molar-refractivity contribution >= 4 is 11.0 Å². The smallest absolute Gasteiger partial charge is 0.379 e. The van der Waals surface area contributed by atoms with Gasteiger partial charge in [0.15, 0.2) is 0 Å². The summed E-state index contributed by atoms with van der Waals surface area (Å²) in [5.74, 6) is 0. The van der Waals surface area contributed by atoms with Crippen LogP contribution in [0.4, 0.5) is 13.2 Å². The van der Waals surface area contributed by atoms with Gasteiger partial charge in [0.1, 0.15) is 11.3 Å². The Bertz CT molecular complexity index is 602. The lowest BCUT2D eigenvalue weighted by atomic mass is 10.1. The molecule has 0 saturated carbocycles. The molecule has 0 bridgehead atoms. The fraction of sp³-hybridized carbons (Fsp3) is 0.462. The zero-order chi connectivity index (χ0) is 14.2. The minimum Gasteiger partial charge on any atom is -0.379 e. The maximum Gasteiger partial charge on any atom is 0.431 e. The fourth-order valence-corrected chi connectivity index (χ4v) is 2.47. The van der Waals surface area contributed by atoms with Gasteiger partial charge in [-0.25, -0.2) is 4.98 Å². The highest BCUT2D eigenvalue weighted by atomic mass is 19.4. The number of hydrogen-bond acceptors (Lipinski definition) is 3. The molecule has 0 atom stereocenters. The number of fused-ring (bicyclic) bond motifs is 1. The van der Waals surface area contributed by atoms with Crippen molar-refractivity contribution in [2.75, 3.05) is 26.3 Å². The molecule has 108 valence electrons. The first-order chi connectivity index (χ1) is 9.55. The van der Waals surface area contributed by atoms with E-state index in [-0.39, 0.29) is 17.8 Å². The Morgan fingerprint density at radius 1 is 1.30 bits per heavy atom. The lowest BCUT2D eigenvalue weighted by Gasteiger charge is -2.26. The van der Waals surface area contributed by atoms with Crippen LogP contribution in [-0.2, 0) is 17.5 Å². The summed E-state index contributed by atoms with van der Waals surface area (Å²) in [4.78, 5) is 8.34. The summed E-state index contributed by atoms with van der Waals surface area (Å²) < 4.78 is 44.6. The molecule has 0 aromatic carbocycles. The second kappa shape index (κ2) is 5.06. The zero-order valence-electron chi connectivity index (χ0n) is 10.7. The average molecular weight is 285 g/mol. The van der Waals surface area contributed by atoms with Crippen LogP contribution in [0.1, 0.15) is 11.3 Å². The molecule has 0 unspecified atom stereocenters. The van der Waals surface area contributed by atoms with Crippen LogP contribution in [0.5, 0.6) is 0 Å². The van der Waals surface area contributed by atoms with Gasteiger partial charge < -0.3 is 9.72 Å². The topological polar surface area (TPSA) is 41.2 Å². The van der Waals surface area contributed by atoms with Crippen LogP contribution in [0.15, 0.2) is 18.3 Å². The Balaban J connectivity index is 2.01. The zero-order valence-corrected chi connectivity index (χ0v) is 10.7. The number of H-pyrrole nitrogens is 1. The minimum absolute atomic E-state index is 0.254. The molecule has 3 heterocycles. The largest absolute Gasteiger partial charge is 0.431 e. The third-order valence-corrected chi connectivity index (χ3v) is 3.45. The lowest BCUT2D eigenvalue weighted by molar-refractivity contribution is -0.141. The van der Waals surface area contributed by atoms with Crippen LogP contribution < -0.4 is 0 Å². The Labute approximate surface area is 113 Å². The first-order valence-corrected chi connectivity index (χ1v) is 6.38. The molecular weight excluding hydrogens is 271 g/mol. The normalized spacial score (nSPS) is 17.8. The maximum absolute atomic E-state index is 13.1. The van der Waals surface area contributed by atoms with Gasteiger partial charge in [0.25, 0.3) is 0 Å². The van der Waals surface area contributed by atoms with E-state index < -0.39 is 11.9 Å². The highest BCUT2D eigenvalue weighted by molar-refractivity contribution is 5.81. The molecule has 1 aliphatic rings. The van der Waals surface area contributed by atoms with Gasteiger partial charge in [0, 0.05) is 36.8 Å². The summed E-state index contributed by atoms with van der Waals surface area (Å²) in [6.07, 6.45) is -2.92. The summed E-state index contributed by atoms with van der Waals surface area (Å²) in [6, 6.07) is 3.32. The van der Waals surface area contributed by atoms with Crippen molar-refractivity contribution in [3.8, 4) is 0 Å².